The lowest BCUT2D eigenvalue weighted by Crippen LogP contribution is -2.48. The summed E-state index contributed by atoms with van der Waals surface area (Å²) < 4.78 is 0. The van der Waals surface area contributed by atoms with Gasteiger partial charge >= 0.3 is 0 Å². The van der Waals surface area contributed by atoms with Gasteiger partial charge in [-0.05, 0) is 26.3 Å². The summed E-state index contributed by atoms with van der Waals surface area (Å²) in [5.41, 5.74) is 1.17. The Morgan fingerprint density at radius 1 is 1.32 bits per heavy atom. The van der Waals surface area contributed by atoms with Crippen LogP contribution in [0.4, 0.5) is 11.4 Å². The van der Waals surface area contributed by atoms with Crippen LogP contribution in [0.25, 0.3) is 0 Å². The lowest BCUT2D eigenvalue weighted by Gasteiger charge is -2.37. The largest absolute Gasteiger partial charge is 0.365 e. The number of nitro benzene ring substituents is 1. The molecule has 3 rings (SSSR count). The fourth-order valence-electron chi connectivity index (χ4n) is 3.43. The molecule has 19 heavy (non-hydrogen) atoms. The SMILES string of the molecule is CC(C)N1C[C@H]2C[C@@H]1CN2c1cccc([N+](=O)[O-])c1. The maximum absolute atomic E-state index is 10.8. The van der Waals surface area contributed by atoms with Gasteiger partial charge in [-0.25, -0.2) is 0 Å². The molecule has 0 N–H and O–H groups in total. The van der Waals surface area contributed by atoms with Crippen molar-refractivity contribution in [2.45, 2.75) is 38.4 Å². The van der Waals surface area contributed by atoms with Crippen molar-refractivity contribution < 1.29 is 4.92 Å². The zero-order chi connectivity index (χ0) is 13.6. The smallest absolute Gasteiger partial charge is 0.271 e. The maximum atomic E-state index is 10.8. The molecule has 5 nitrogen and oxygen atoms in total. The van der Waals surface area contributed by atoms with Crippen molar-refractivity contribution in [1.29, 1.82) is 0 Å². The highest BCUT2D eigenvalue weighted by molar-refractivity contribution is 5.55. The second-order valence-electron chi connectivity index (χ2n) is 5.76. The predicted molar refractivity (Wildman–Crippen MR) is 74.5 cm³/mol. The molecule has 0 saturated carbocycles. The molecule has 102 valence electrons. The highest BCUT2D eigenvalue weighted by atomic mass is 16.6. The van der Waals surface area contributed by atoms with Gasteiger partial charge in [0.25, 0.3) is 5.69 Å². The molecule has 2 aliphatic rings. The second kappa shape index (κ2) is 4.49. The Morgan fingerprint density at radius 2 is 2.11 bits per heavy atom. The molecule has 0 unspecified atom stereocenters. The van der Waals surface area contributed by atoms with Crippen LogP contribution in [-0.2, 0) is 0 Å². The van der Waals surface area contributed by atoms with Crippen LogP contribution in [0.3, 0.4) is 0 Å². The lowest BCUT2D eigenvalue weighted by molar-refractivity contribution is -0.384. The van der Waals surface area contributed by atoms with Gasteiger partial charge in [0.15, 0.2) is 0 Å². The molecule has 0 aromatic heterocycles. The molecule has 2 fully saturated rings. The molecule has 2 aliphatic heterocycles. The average Bonchev–Trinajstić information content (AvgIpc) is 2.98. The minimum atomic E-state index is -0.321. The number of hydrogen-bond acceptors (Lipinski definition) is 4. The number of anilines is 1. The van der Waals surface area contributed by atoms with Crippen molar-refractivity contribution in [2.24, 2.45) is 0 Å². The normalized spacial score (nSPS) is 26.4. The van der Waals surface area contributed by atoms with E-state index in [4.69, 9.17) is 0 Å². The first-order valence-corrected chi connectivity index (χ1v) is 6.83. The van der Waals surface area contributed by atoms with Gasteiger partial charge in [0.05, 0.1) is 4.92 Å². The third-order valence-corrected chi connectivity index (χ3v) is 4.32. The van der Waals surface area contributed by atoms with E-state index in [1.165, 1.54) is 6.42 Å². The van der Waals surface area contributed by atoms with E-state index < -0.39 is 0 Å². The summed E-state index contributed by atoms with van der Waals surface area (Å²) in [5, 5.41) is 10.8. The number of fused-ring (bicyclic) bond motifs is 2. The molecule has 1 aromatic carbocycles. The molecular formula is C14H19N3O2. The number of nitrogens with zero attached hydrogens (tertiary/aromatic N) is 3. The van der Waals surface area contributed by atoms with Crippen LogP contribution in [0.1, 0.15) is 20.3 Å². The van der Waals surface area contributed by atoms with Crippen LogP contribution in [0.5, 0.6) is 0 Å². The number of rotatable bonds is 3. The van der Waals surface area contributed by atoms with Gasteiger partial charge in [-0.1, -0.05) is 6.07 Å². The Kier molecular flexibility index (Phi) is 2.93. The molecule has 0 radical (unpaired) electrons. The first-order valence-electron chi connectivity index (χ1n) is 6.83. The van der Waals surface area contributed by atoms with Crippen molar-refractivity contribution in [3.8, 4) is 0 Å². The van der Waals surface area contributed by atoms with E-state index in [-0.39, 0.29) is 10.6 Å². The third kappa shape index (κ3) is 2.08. The van der Waals surface area contributed by atoms with E-state index in [2.05, 4.69) is 23.6 Å². The number of hydrogen-bond donors (Lipinski definition) is 0. The summed E-state index contributed by atoms with van der Waals surface area (Å²) in [6.45, 7) is 6.53. The predicted octanol–water partition coefficient (Wildman–Crippen LogP) is 2.27. The van der Waals surface area contributed by atoms with Crippen LogP contribution in [0.15, 0.2) is 24.3 Å². The molecule has 2 bridgehead atoms. The Labute approximate surface area is 113 Å². The van der Waals surface area contributed by atoms with E-state index in [0.29, 0.717) is 18.1 Å². The summed E-state index contributed by atoms with van der Waals surface area (Å²) in [6.07, 6.45) is 1.18. The van der Waals surface area contributed by atoms with Crippen LogP contribution < -0.4 is 4.90 Å². The van der Waals surface area contributed by atoms with Crippen LogP contribution >= 0.6 is 0 Å². The minimum Gasteiger partial charge on any atom is -0.365 e. The Bertz CT molecular complexity index is 503. The Hall–Kier alpha value is -1.62. The quantitative estimate of drug-likeness (QED) is 0.618. The lowest BCUT2D eigenvalue weighted by atomic mass is 10.2. The molecule has 5 heteroatoms. The molecule has 0 amide bonds. The first-order chi connectivity index (χ1) is 9.06. The number of likely N-dealkylation sites (tertiary alicyclic amines) is 1. The van der Waals surface area contributed by atoms with E-state index in [0.717, 1.165) is 18.8 Å². The van der Waals surface area contributed by atoms with E-state index in [9.17, 15) is 10.1 Å². The average molecular weight is 261 g/mol. The standard InChI is InChI=1S/C14H19N3O2/c1-10(2)15-8-14-7-13(15)9-16(14)11-4-3-5-12(6-11)17(18)19/h3-6,10,13-14H,7-9H2,1-2H3/t13-,14-/m1/s1. The van der Waals surface area contributed by atoms with Gasteiger partial charge < -0.3 is 4.90 Å². The molecular weight excluding hydrogens is 242 g/mol. The Morgan fingerprint density at radius 3 is 2.68 bits per heavy atom. The number of piperazine rings is 1. The highest BCUT2D eigenvalue weighted by Gasteiger charge is 2.44. The van der Waals surface area contributed by atoms with Gasteiger partial charge in [-0.2, -0.15) is 0 Å². The molecule has 2 atom stereocenters. The van der Waals surface area contributed by atoms with Crippen molar-refractivity contribution in [3.05, 3.63) is 34.4 Å². The molecule has 2 heterocycles. The van der Waals surface area contributed by atoms with Crippen LogP contribution in [0, 0.1) is 10.1 Å². The Balaban J connectivity index is 1.80. The monoisotopic (exact) mass is 261 g/mol. The summed E-state index contributed by atoms with van der Waals surface area (Å²) in [4.78, 5) is 15.4. The van der Waals surface area contributed by atoms with Crippen molar-refractivity contribution in [2.75, 3.05) is 18.0 Å². The molecule has 0 aliphatic carbocycles. The number of nitro groups is 1. The second-order valence-corrected chi connectivity index (χ2v) is 5.76. The van der Waals surface area contributed by atoms with Gasteiger partial charge in [0, 0.05) is 49.0 Å². The summed E-state index contributed by atoms with van der Waals surface area (Å²) in [7, 11) is 0. The summed E-state index contributed by atoms with van der Waals surface area (Å²) in [5.74, 6) is 0. The van der Waals surface area contributed by atoms with Gasteiger partial charge in [0.1, 0.15) is 0 Å². The number of benzene rings is 1. The van der Waals surface area contributed by atoms with Crippen molar-refractivity contribution >= 4 is 11.4 Å². The number of non-ortho nitro benzene ring substituents is 1. The van der Waals surface area contributed by atoms with Gasteiger partial charge in [0.2, 0.25) is 0 Å². The highest BCUT2D eigenvalue weighted by Crippen LogP contribution is 2.36. The summed E-state index contributed by atoms with van der Waals surface area (Å²) >= 11 is 0. The summed E-state index contributed by atoms with van der Waals surface area (Å²) in [6, 6.07) is 8.70. The van der Waals surface area contributed by atoms with E-state index in [1.54, 1.807) is 18.2 Å². The third-order valence-electron chi connectivity index (χ3n) is 4.32. The van der Waals surface area contributed by atoms with E-state index >= 15 is 0 Å². The maximum Gasteiger partial charge on any atom is 0.271 e. The first kappa shape index (κ1) is 12.4. The molecule has 1 aromatic rings. The minimum absolute atomic E-state index is 0.181. The molecule has 0 spiro atoms. The fraction of sp³-hybridized carbons (Fsp3) is 0.571. The zero-order valence-electron chi connectivity index (χ0n) is 11.3. The van der Waals surface area contributed by atoms with Crippen LogP contribution in [0.2, 0.25) is 0 Å². The zero-order valence-corrected chi connectivity index (χ0v) is 11.3. The van der Waals surface area contributed by atoms with Gasteiger partial charge in [-0.15, -0.1) is 0 Å². The van der Waals surface area contributed by atoms with Crippen LogP contribution in [-0.4, -0.2) is 41.0 Å². The fourth-order valence-corrected chi connectivity index (χ4v) is 3.43. The van der Waals surface area contributed by atoms with Crippen molar-refractivity contribution in [1.82, 2.24) is 4.90 Å². The van der Waals surface area contributed by atoms with Gasteiger partial charge in [-0.3, -0.25) is 15.0 Å². The van der Waals surface area contributed by atoms with Crippen molar-refractivity contribution in [3.63, 3.8) is 0 Å². The topological polar surface area (TPSA) is 49.6 Å². The van der Waals surface area contributed by atoms with E-state index in [1.807, 2.05) is 6.07 Å². The molecule has 2 saturated heterocycles.